The minimum atomic E-state index is -0.0983. The van der Waals surface area contributed by atoms with Crippen molar-refractivity contribution in [3.8, 4) is 0 Å². The first-order chi connectivity index (χ1) is 8.50. The molecule has 1 fully saturated rings. The van der Waals surface area contributed by atoms with Gasteiger partial charge < -0.3 is 5.11 Å². The van der Waals surface area contributed by atoms with Crippen LogP contribution < -0.4 is 0 Å². The Morgan fingerprint density at radius 3 is 2.56 bits per heavy atom. The van der Waals surface area contributed by atoms with Crippen LogP contribution in [0.3, 0.4) is 0 Å². The number of aliphatic hydroxyl groups is 1. The summed E-state index contributed by atoms with van der Waals surface area (Å²) in [4.78, 5) is 0. The molecule has 2 rings (SSSR count). The number of aliphatic hydroxyl groups excluding tert-OH is 1. The lowest BCUT2D eigenvalue weighted by molar-refractivity contribution is -0.0281. The molecule has 1 nitrogen and oxygen atoms in total. The van der Waals surface area contributed by atoms with E-state index >= 15 is 0 Å². The maximum Gasteiger partial charge on any atom is 0.0568 e. The predicted octanol–water partition coefficient (Wildman–Crippen LogP) is 4.05. The molecule has 0 radical (unpaired) electrons. The number of hydrogen-bond acceptors (Lipinski definition) is 1. The second-order valence-corrected chi connectivity index (χ2v) is 6.58. The second kappa shape index (κ2) is 5.44. The van der Waals surface area contributed by atoms with Gasteiger partial charge in [-0.2, -0.15) is 0 Å². The largest absolute Gasteiger partial charge is 0.393 e. The molecule has 0 aliphatic heterocycles. The van der Waals surface area contributed by atoms with Crippen molar-refractivity contribution in [2.75, 3.05) is 0 Å². The Morgan fingerprint density at radius 2 is 1.89 bits per heavy atom. The van der Waals surface area contributed by atoms with Crippen LogP contribution in [0.2, 0.25) is 0 Å². The zero-order chi connectivity index (χ0) is 13.2. The molecule has 3 atom stereocenters. The second-order valence-electron chi connectivity index (χ2n) is 6.58. The third kappa shape index (κ3) is 2.95. The Hall–Kier alpha value is -0.820. The Balaban J connectivity index is 2.01. The van der Waals surface area contributed by atoms with E-state index in [2.05, 4.69) is 51.1 Å². The highest BCUT2D eigenvalue weighted by Gasteiger charge is 2.40. The first-order valence-electron chi connectivity index (χ1n) is 7.23. The van der Waals surface area contributed by atoms with E-state index in [1.807, 2.05) is 0 Å². The fourth-order valence-electron chi connectivity index (χ4n) is 3.57. The summed E-state index contributed by atoms with van der Waals surface area (Å²) in [6, 6.07) is 10.7. The molecule has 1 aliphatic carbocycles. The van der Waals surface area contributed by atoms with Crippen LogP contribution >= 0.6 is 0 Å². The summed E-state index contributed by atoms with van der Waals surface area (Å²) in [5.41, 5.74) is 1.79. The van der Waals surface area contributed by atoms with Crippen LogP contribution in [-0.2, 0) is 6.42 Å². The van der Waals surface area contributed by atoms with E-state index in [9.17, 15) is 5.11 Å². The summed E-state index contributed by atoms with van der Waals surface area (Å²) in [5, 5.41) is 10.1. The van der Waals surface area contributed by atoms with E-state index in [-0.39, 0.29) is 6.10 Å². The highest BCUT2D eigenvalue weighted by Crippen LogP contribution is 2.46. The number of rotatable bonds is 3. The molecule has 18 heavy (non-hydrogen) atoms. The lowest BCUT2D eigenvalue weighted by Gasteiger charge is -2.45. The van der Waals surface area contributed by atoms with Crippen molar-refractivity contribution < 1.29 is 5.11 Å². The Kier molecular flexibility index (Phi) is 4.11. The van der Waals surface area contributed by atoms with Gasteiger partial charge in [0.1, 0.15) is 0 Å². The van der Waals surface area contributed by atoms with E-state index in [4.69, 9.17) is 0 Å². The van der Waals surface area contributed by atoms with Gasteiger partial charge in [-0.05, 0) is 48.5 Å². The predicted molar refractivity (Wildman–Crippen MR) is 76.4 cm³/mol. The summed E-state index contributed by atoms with van der Waals surface area (Å²) in [7, 11) is 0. The molecule has 0 heterocycles. The van der Waals surface area contributed by atoms with Crippen LogP contribution in [-0.4, -0.2) is 11.2 Å². The summed E-state index contributed by atoms with van der Waals surface area (Å²) < 4.78 is 0. The molecule has 0 bridgehead atoms. The number of aryl methyl sites for hydroxylation is 1. The van der Waals surface area contributed by atoms with Crippen LogP contribution in [0, 0.1) is 17.3 Å². The quantitative estimate of drug-likeness (QED) is 0.853. The molecule has 3 unspecified atom stereocenters. The minimum absolute atomic E-state index is 0.0983. The van der Waals surface area contributed by atoms with E-state index in [0.717, 1.165) is 19.3 Å². The summed E-state index contributed by atoms with van der Waals surface area (Å²) in [6.07, 6.45) is 4.34. The number of hydrogen-bond donors (Lipinski definition) is 1. The summed E-state index contributed by atoms with van der Waals surface area (Å²) in [6.45, 7) is 6.96. The van der Waals surface area contributed by atoms with E-state index < -0.39 is 0 Å². The van der Waals surface area contributed by atoms with Crippen molar-refractivity contribution in [2.24, 2.45) is 17.3 Å². The molecule has 0 saturated heterocycles. The molecule has 0 spiro atoms. The summed E-state index contributed by atoms with van der Waals surface area (Å²) >= 11 is 0. The van der Waals surface area contributed by atoms with Crippen molar-refractivity contribution >= 4 is 0 Å². The van der Waals surface area contributed by atoms with Crippen LogP contribution in [0.15, 0.2) is 30.3 Å². The topological polar surface area (TPSA) is 20.2 Å². The minimum Gasteiger partial charge on any atom is -0.393 e. The standard InChI is InChI=1S/C17H26O/c1-13-15(17(2,3)12-11-16(13)18)10-9-14-7-5-4-6-8-14/h4-8,13,15-16,18H,9-12H2,1-3H3. The maximum absolute atomic E-state index is 10.1. The molecule has 1 heteroatoms. The van der Waals surface area contributed by atoms with Crippen molar-refractivity contribution in [2.45, 2.75) is 52.6 Å². The average molecular weight is 246 g/mol. The SMILES string of the molecule is CC1C(O)CCC(C)(C)C1CCc1ccccc1. The number of benzene rings is 1. The van der Waals surface area contributed by atoms with Gasteiger partial charge in [-0.15, -0.1) is 0 Å². The van der Waals surface area contributed by atoms with Gasteiger partial charge in [0, 0.05) is 0 Å². The van der Waals surface area contributed by atoms with Gasteiger partial charge in [0.05, 0.1) is 6.10 Å². The summed E-state index contributed by atoms with van der Waals surface area (Å²) in [5.74, 6) is 1.05. The van der Waals surface area contributed by atoms with E-state index in [1.165, 1.54) is 12.0 Å². The third-order valence-corrected chi connectivity index (χ3v) is 4.92. The maximum atomic E-state index is 10.1. The molecular formula is C17H26O. The van der Waals surface area contributed by atoms with Crippen molar-refractivity contribution in [3.05, 3.63) is 35.9 Å². The van der Waals surface area contributed by atoms with E-state index in [0.29, 0.717) is 17.3 Å². The van der Waals surface area contributed by atoms with Gasteiger partial charge >= 0.3 is 0 Å². The Morgan fingerprint density at radius 1 is 1.22 bits per heavy atom. The zero-order valence-electron chi connectivity index (χ0n) is 11.9. The fraction of sp³-hybridized carbons (Fsp3) is 0.647. The van der Waals surface area contributed by atoms with Crippen LogP contribution in [0.5, 0.6) is 0 Å². The zero-order valence-corrected chi connectivity index (χ0v) is 11.9. The average Bonchev–Trinajstić information content (AvgIpc) is 2.35. The van der Waals surface area contributed by atoms with Crippen LogP contribution in [0.1, 0.15) is 45.6 Å². The normalized spacial score (nSPS) is 31.2. The highest BCUT2D eigenvalue weighted by atomic mass is 16.3. The van der Waals surface area contributed by atoms with E-state index in [1.54, 1.807) is 0 Å². The van der Waals surface area contributed by atoms with Gasteiger partial charge in [-0.1, -0.05) is 51.1 Å². The molecule has 0 amide bonds. The molecular weight excluding hydrogens is 220 g/mol. The van der Waals surface area contributed by atoms with Crippen LogP contribution in [0.4, 0.5) is 0 Å². The van der Waals surface area contributed by atoms with Gasteiger partial charge in [-0.25, -0.2) is 0 Å². The molecule has 1 saturated carbocycles. The van der Waals surface area contributed by atoms with Gasteiger partial charge in [0.15, 0.2) is 0 Å². The molecule has 1 N–H and O–H groups in total. The van der Waals surface area contributed by atoms with Crippen molar-refractivity contribution in [3.63, 3.8) is 0 Å². The first kappa shape index (κ1) is 13.6. The molecule has 1 aromatic carbocycles. The molecule has 100 valence electrons. The smallest absolute Gasteiger partial charge is 0.0568 e. The molecule has 1 aromatic rings. The third-order valence-electron chi connectivity index (χ3n) is 4.92. The first-order valence-corrected chi connectivity index (χ1v) is 7.23. The van der Waals surface area contributed by atoms with Crippen molar-refractivity contribution in [1.82, 2.24) is 0 Å². The van der Waals surface area contributed by atoms with Gasteiger partial charge in [-0.3, -0.25) is 0 Å². The fourth-order valence-corrected chi connectivity index (χ4v) is 3.57. The molecule has 0 aromatic heterocycles. The Bertz CT molecular complexity index is 368. The Labute approximate surface area is 111 Å². The monoisotopic (exact) mass is 246 g/mol. The van der Waals surface area contributed by atoms with Gasteiger partial charge in [0.25, 0.3) is 0 Å². The van der Waals surface area contributed by atoms with Crippen molar-refractivity contribution in [1.29, 1.82) is 0 Å². The highest BCUT2D eigenvalue weighted by molar-refractivity contribution is 5.15. The lowest BCUT2D eigenvalue weighted by atomic mass is 9.61. The lowest BCUT2D eigenvalue weighted by Crippen LogP contribution is -2.41. The van der Waals surface area contributed by atoms with Gasteiger partial charge in [0.2, 0.25) is 0 Å². The molecule has 1 aliphatic rings. The van der Waals surface area contributed by atoms with Crippen LogP contribution in [0.25, 0.3) is 0 Å².